The van der Waals surface area contributed by atoms with E-state index in [9.17, 15) is 18.0 Å². The van der Waals surface area contributed by atoms with Gasteiger partial charge in [0.1, 0.15) is 0 Å². The highest BCUT2D eigenvalue weighted by Gasteiger charge is 2.47. The molecule has 0 bridgehead atoms. The molecule has 1 N–H and O–H groups in total. The quantitative estimate of drug-likeness (QED) is 0.725. The van der Waals surface area contributed by atoms with Crippen LogP contribution < -0.4 is 0 Å². The molecule has 0 radical (unpaired) electrons. The largest absolute Gasteiger partial charge is 0.481 e. The number of halogens is 3. The van der Waals surface area contributed by atoms with Gasteiger partial charge in [0, 0.05) is 0 Å². The van der Waals surface area contributed by atoms with Crippen LogP contribution in [-0.2, 0) is 4.79 Å². The van der Waals surface area contributed by atoms with E-state index in [1.165, 1.54) is 0 Å². The molecule has 1 aliphatic rings. The number of hydrogen-bond acceptors (Lipinski definition) is 1. The molecule has 1 unspecified atom stereocenters. The third-order valence-corrected chi connectivity index (χ3v) is 1.96. The molecule has 0 saturated heterocycles. The van der Waals surface area contributed by atoms with E-state index in [0.29, 0.717) is 0 Å². The van der Waals surface area contributed by atoms with Gasteiger partial charge >= 0.3 is 12.1 Å². The summed E-state index contributed by atoms with van der Waals surface area (Å²) in [6, 6.07) is 0. The second-order valence-corrected chi connectivity index (χ2v) is 3.11. The first-order valence-corrected chi connectivity index (χ1v) is 3.71. The number of hydrogen-bond donors (Lipinski definition) is 1. The normalized spacial score (nSPS) is 20.6. The van der Waals surface area contributed by atoms with Crippen LogP contribution in [0.5, 0.6) is 0 Å². The lowest BCUT2D eigenvalue weighted by Crippen LogP contribution is -2.30. The van der Waals surface area contributed by atoms with Crippen LogP contribution in [0.25, 0.3) is 0 Å². The van der Waals surface area contributed by atoms with Crippen molar-refractivity contribution in [3.63, 3.8) is 0 Å². The van der Waals surface area contributed by atoms with Gasteiger partial charge in [-0.3, -0.25) is 4.79 Å². The van der Waals surface area contributed by atoms with Crippen molar-refractivity contribution in [1.29, 1.82) is 0 Å². The molecular weight excluding hydrogens is 173 g/mol. The van der Waals surface area contributed by atoms with E-state index in [0.717, 1.165) is 12.8 Å². The summed E-state index contributed by atoms with van der Waals surface area (Å²) in [4.78, 5) is 10.2. The molecule has 0 amide bonds. The minimum absolute atomic E-state index is 0.0206. The van der Waals surface area contributed by atoms with Crippen LogP contribution in [0, 0.1) is 11.8 Å². The van der Waals surface area contributed by atoms with Crippen LogP contribution in [0.1, 0.15) is 19.3 Å². The van der Waals surface area contributed by atoms with Crippen molar-refractivity contribution < 1.29 is 23.1 Å². The Hall–Kier alpha value is -0.740. The lowest BCUT2D eigenvalue weighted by Gasteiger charge is -2.14. The first-order chi connectivity index (χ1) is 5.41. The van der Waals surface area contributed by atoms with Gasteiger partial charge in [0.15, 0.2) is 5.92 Å². The van der Waals surface area contributed by atoms with Crippen molar-refractivity contribution >= 4 is 5.97 Å². The standard InChI is InChI=1S/C7H9F3O2/c8-7(9,10)5(6(11)12)3-4-1-2-4/h4-5H,1-3H2,(H,11,12). The number of carboxylic acids is 1. The first-order valence-electron chi connectivity index (χ1n) is 3.71. The lowest BCUT2D eigenvalue weighted by molar-refractivity contribution is -0.195. The van der Waals surface area contributed by atoms with Crippen molar-refractivity contribution in [2.45, 2.75) is 25.4 Å². The SMILES string of the molecule is O=C(O)C(CC1CC1)C(F)(F)F. The number of alkyl halides is 3. The summed E-state index contributed by atoms with van der Waals surface area (Å²) in [5.41, 5.74) is 0. The van der Waals surface area contributed by atoms with Crippen LogP contribution in [0.3, 0.4) is 0 Å². The molecule has 0 aliphatic heterocycles. The molecule has 1 fully saturated rings. The van der Waals surface area contributed by atoms with Crippen LogP contribution in [-0.4, -0.2) is 17.3 Å². The van der Waals surface area contributed by atoms with E-state index in [1.54, 1.807) is 0 Å². The molecule has 0 aromatic heterocycles. The van der Waals surface area contributed by atoms with E-state index < -0.39 is 18.1 Å². The fourth-order valence-corrected chi connectivity index (χ4v) is 1.06. The summed E-state index contributed by atoms with van der Waals surface area (Å²) in [6.45, 7) is 0. The third-order valence-electron chi connectivity index (χ3n) is 1.96. The van der Waals surface area contributed by atoms with Crippen LogP contribution in [0.15, 0.2) is 0 Å². The summed E-state index contributed by atoms with van der Waals surface area (Å²) in [6.07, 6.45) is -3.37. The lowest BCUT2D eigenvalue weighted by atomic mass is 10.0. The predicted octanol–water partition coefficient (Wildman–Crippen LogP) is 2.05. The topological polar surface area (TPSA) is 37.3 Å². The van der Waals surface area contributed by atoms with Gasteiger partial charge in [-0.1, -0.05) is 12.8 Å². The highest BCUT2D eigenvalue weighted by molar-refractivity contribution is 5.70. The molecular formula is C7H9F3O2. The molecule has 2 nitrogen and oxygen atoms in total. The maximum Gasteiger partial charge on any atom is 0.402 e. The highest BCUT2D eigenvalue weighted by Crippen LogP contribution is 2.40. The summed E-state index contributed by atoms with van der Waals surface area (Å²) < 4.78 is 35.9. The Morgan fingerprint density at radius 2 is 2.00 bits per heavy atom. The molecule has 5 heteroatoms. The number of aliphatic carboxylic acids is 1. The Balaban J connectivity index is 2.53. The molecule has 0 heterocycles. The maximum atomic E-state index is 12.0. The van der Waals surface area contributed by atoms with E-state index in [2.05, 4.69) is 0 Å². The van der Waals surface area contributed by atoms with Gasteiger partial charge in [-0.2, -0.15) is 13.2 Å². The van der Waals surface area contributed by atoms with Crippen molar-refractivity contribution in [2.75, 3.05) is 0 Å². The first kappa shape index (κ1) is 9.35. The van der Waals surface area contributed by atoms with Crippen molar-refractivity contribution in [1.82, 2.24) is 0 Å². The Morgan fingerprint density at radius 3 is 2.25 bits per heavy atom. The summed E-state index contributed by atoms with van der Waals surface area (Å²) in [7, 11) is 0. The molecule has 12 heavy (non-hydrogen) atoms. The summed E-state index contributed by atoms with van der Waals surface area (Å²) in [5.74, 6) is -3.94. The minimum atomic E-state index is -4.59. The second kappa shape index (κ2) is 2.95. The fraction of sp³-hybridized carbons (Fsp3) is 0.857. The summed E-state index contributed by atoms with van der Waals surface area (Å²) >= 11 is 0. The van der Waals surface area contributed by atoms with Crippen LogP contribution in [0.2, 0.25) is 0 Å². The van der Waals surface area contributed by atoms with Crippen LogP contribution in [0.4, 0.5) is 13.2 Å². The highest BCUT2D eigenvalue weighted by atomic mass is 19.4. The smallest absolute Gasteiger partial charge is 0.402 e. The second-order valence-electron chi connectivity index (χ2n) is 3.11. The molecule has 1 rings (SSSR count). The van der Waals surface area contributed by atoms with Crippen molar-refractivity contribution in [3.05, 3.63) is 0 Å². The average molecular weight is 182 g/mol. The third kappa shape index (κ3) is 2.39. The number of carboxylic acid groups (broad SMARTS) is 1. The van der Waals surface area contributed by atoms with Gasteiger partial charge < -0.3 is 5.11 Å². The van der Waals surface area contributed by atoms with Crippen molar-refractivity contribution in [3.8, 4) is 0 Å². The Labute approximate surface area is 67.4 Å². The van der Waals surface area contributed by atoms with Crippen LogP contribution >= 0.6 is 0 Å². The van der Waals surface area contributed by atoms with Gasteiger partial charge in [-0.15, -0.1) is 0 Å². The number of rotatable bonds is 3. The van der Waals surface area contributed by atoms with Gasteiger partial charge in [0.2, 0.25) is 0 Å². The molecule has 1 saturated carbocycles. The minimum Gasteiger partial charge on any atom is -0.481 e. The molecule has 70 valence electrons. The van der Waals surface area contributed by atoms with E-state index in [4.69, 9.17) is 5.11 Å². The van der Waals surface area contributed by atoms with Gasteiger partial charge in [0.25, 0.3) is 0 Å². The zero-order chi connectivity index (χ0) is 9.35. The van der Waals surface area contributed by atoms with E-state index in [-0.39, 0.29) is 12.3 Å². The number of carbonyl (C=O) groups is 1. The molecule has 0 aromatic carbocycles. The summed E-state index contributed by atoms with van der Waals surface area (Å²) in [5, 5.41) is 8.27. The predicted molar refractivity (Wildman–Crippen MR) is 34.5 cm³/mol. The Morgan fingerprint density at radius 1 is 1.50 bits per heavy atom. The molecule has 0 spiro atoms. The van der Waals surface area contributed by atoms with Crippen molar-refractivity contribution in [2.24, 2.45) is 11.8 Å². The maximum absolute atomic E-state index is 12.0. The average Bonchev–Trinajstić information content (AvgIpc) is 2.61. The van der Waals surface area contributed by atoms with E-state index >= 15 is 0 Å². The molecule has 0 aromatic rings. The molecule has 1 atom stereocenters. The van der Waals surface area contributed by atoms with Gasteiger partial charge in [-0.05, 0) is 12.3 Å². The monoisotopic (exact) mass is 182 g/mol. The van der Waals surface area contributed by atoms with Gasteiger partial charge in [0.05, 0.1) is 0 Å². The zero-order valence-corrected chi connectivity index (χ0v) is 6.27. The van der Waals surface area contributed by atoms with E-state index in [1.807, 2.05) is 0 Å². The molecule has 1 aliphatic carbocycles. The Bertz CT molecular complexity index is 184. The van der Waals surface area contributed by atoms with Gasteiger partial charge in [-0.25, -0.2) is 0 Å². The zero-order valence-electron chi connectivity index (χ0n) is 6.27. The fourth-order valence-electron chi connectivity index (χ4n) is 1.06. The Kier molecular flexibility index (Phi) is 2.30.